The molecule has 0 spiro atoms. The van der Waals surface area contributed by atoms with E-state index in [-0.39, 0.29) is 0 Å². The molecule has 2 rings (SSSR count). The Morgan fingerprint density at radius 3 is 2.95 bits per heavy atom. The fraction of sp³-hybridized carbons (Fsp3) is 0.400. The number of carboxylic acids is 1. The summed E-state index contributed by atoms with van der Waals surface area (Å²) in [6.45, 7) is 0. The highest BCUT2D eigenvalue weighted by atomic mass is 32.2. The van der Waals surface area contributed by atoms with Gasteiger partial charge in [0.2, 0.25) is 0 Å². The van der Waals surface area contributed by atoms with Gasteiger partial charge in [-0.25, -0.2) is 0 Å². The molecule has 0 fully saturated rings. The number of fused-ring (bicyclic) bond motifs is 1. The summed E-state index contributed by atoms with van der Waals surface area (Å²) in [6.07, 6.45) is 4.75. The molecule has 1 heterocycles. The summed E-state index contributed by atoms with van der Waals surface area (Å²) >= 11 is 1.77. The van der Waals surface area contributed by atoms with Gasteiger partial charge in [0.15, 0.2) is 0 Å². The Morgan fingerprint density at radius 1 is 1.35 bits per heavy atom. The molecule has 0 amide bonds. The van der Waals surface area contributed by atoms with Gasteiger partial charge in [-0.05, 0) is 42.4 Å². The molecule has 2 aromatic rings. The van der Waals surface area contributed by atoms with Gasteiger partial charge in [-0.15, -0.1) is 0 Å². The Balaban J connectivity index is 1.68. The van der Waals surface area contributed by atoms with Crippen molar-refractivity contribution in [2.45, 2.75) is 25.3 Å². The molecule has 0 aliphatic heterocycles. The summed E-state index contributed by atoms with van der Waals surface area (Å²) in [4.78, 5) is 13.8. The van der Waals surface area contributed by atoms with E-state index >= 15 is 0 Å². The predicted molar refractivity (Wildman–Crippen MR) is 84.2 cm³/mol. The van der Waals surface area contributed by atoms with E-state index in [2.05, 4.69) is 29.4 Å². The van der Waals surface area contributed by atoms with Crippen LogP contribution in [0.5, 0.6) is 0 Å². The number of aryl methyl sites for hydroxylation is 1. The Morgan fingerprint density at radius 2 is 2.15 bits per heavy atom. The maximum absolute atomic E-state index is 10.6. The molecular formula is C15H20N2O2S. The van der Waals surface area contributed by atoms with Crippen molar-refractivity contribution in [2.75, 3.05) is 11.5 Å². The Kier molecular flexibility index (Phi) is 5.49. The van der Waals surface area contributed by atoms with Crippen LogP contribution in [0.2, 0.25) is 0 Å². The molecular weight excluding hydrogens is 272 g/mol. The lowest BCUT2D eigenvalue weighted by atomic mass is 10.1. The van der Waals surface area contributed by atoms with Crippen molar-refractivity contribution in [1.29, 1.82) is 0 Å². The summed E-state index contributed by atoms with van der Waals surface area (Å²) in [7, 11) is 0. The maximum atomic E-state index is 10.6. The molecule has 4 nitrogen and oxygen atoms in total. The van der Waals surface area contributed by atoms with Crippen molar-refractivity contribution >= 4 is 28.6 Å². The lowest BCUT2D eigenvalue weighted by Crippen LogP contribution is -2.30. The summed E-state index contributed by atoms with van der Waals surface area (Å²) in [6, 6.07) is 7.59. The van der Waals surface area contributed by atoms with Crippen LogP contribution in [0.15, 0.2) is 30.5 Å². The van der Waals surface area contributed by atoms with Crippen LogP contribution < -0.4 is 5.73 Å². The molecule has 5 heteroatoms. The third-order valence-corrected chi connectivity index (χ3v) is 4.40. The third-order valence-electron chi connectivity index (χ3n) is 3.30. The molecule has 20 heavy (non-hydrogen) atoms. The fourth-order valence-corrected chi connectivity index (χ4v) is 3.11. The zero-order valence-electron chi connectivity index (χ0n) is 11.3. The second kappa shape index (κ2) is 7.36. The van der Waals surface area contributed by atoms with Gasteiger partial charge in [0.1, 0.15) is 6.04 Å². The molecule has 0 bridgehead atoms. The van der Waals surface area contributed by atoms with Gasteiger partial charge in [-0.2, -0.15) is 11.8 Å². The van der Waals surface area contributed by atoms with Crippen LogP contribution in [0.25, 0.3) is 10.9 Å². The van der Waals surface area contributed by atoms with Gasteiger partial charge in [0, 0.05) is 17.1 Å². The Hall–Kier alpha value is -1.46. The number of nitrogens with two attached hydrogens (primary N) is 1. The number of carboxylic acid groups (broad SMARTS) is 1. The van der Waals surface area contributed by atoms with Crippen molar-refractivity contribution in [3.8, 4) is 0 Å². The molecule has 0 radical (unpaired) electrons. The fourth-order valence-electron chi connectivity index (χ4n) is 2.14. The molecule has 4 N–H and O–H groups in total. The monoisotopic (exact) mass is 292 g/mol. The van der Waals surface area contributed by atoms with Gasteiger partial charge in [0.25, 0.3) is 0 Å². The first-order chi connectivity index (χ1) is 9.68. The number of rotatable bonds is 8. The van der Waals surface area contributed by atoms with Crippen LogP contribution in [0, 0.1) is 0 Å². The first-order valence-corrected chi connectivity index (χ1v) is 7.95. The maximum Gasteiger partial charge on any atom is 0.320 e. The van der Waals surface area contributed by atoms with Crippen molar-refractivity contribution < 1.29 is 9.90 Å². The minimum Gasteiger partial charge on any atom is -0.480 e. The van der Waals surface area contributed by atoms with E-state index < -0.39 is 12.0 Å². The van der Waals surface area contributed by atoms with Crippen molar-refractivity contribution in [3.05, 3.63) is 36.0 Å². The third kappa shape index (κ3) is 4.02. The molecule has 1 aromatic carbocycles. The molecule has 1 atom stereocenters. The predicted octanol–water partition coefficient (Wildman–Crippen LogP) is 2.64. The molecule has 0 saturated carbocycles. The van der Waals surface area contributed by atoms with Gasteiger partial charge >= 0.3 is 5.97 Å². The summed E-state index contributed by atoms with van der Waals surface area (Å²) in [5, 5.41) is 9.97. The van der Waals surface area contributed by atoms with E-state index in [1.54, 1.807) is 11.8 Å². The molecule has 108 valence electrons. The van der Waals surface area contributed by atoms with Crippen molar-refractivity contribution in [1.82, 2.24) is 4.98 Å². The normalized spacial score (nSPS) is 12.7. The number of thioether (sulfide) groups is 1. The van der Waals surface area contributed by atoms with Crippen LogP contribution in [0.1, 0.15) is 18.4 Å². The Labute approximate surface area is 122 Å². The van der Waals surface area contributed by atoms with Gasteiger partial charge in [0.05, 0.1) is 0 Å². The number of aromatic nitrogens is 1. The molecule has 0 saturated heterocycles. The molecule has 1 aromatic heterocycles. The molecule has 0 aliphatic rings. The number of benzene rings is 1. The van der Waals surface area contributed by atoms with Crippen LogP contribution >= 0.6 is 11.8 Å². The number of para-hydroxylation sites is 1. The number of carbonyl (C=O) groups is 1. The van der Waals surface area contributed by atoms with E-state index in [0.29, 0.717) is 6.42 Å². The first kappa shape index (κ1) is 14.9. The van der Waals surface area contributed by atoms with Gasteiger partial charge in [-0.3, -0.25) is 4.79 Å². The first-order valence-electron chi connectivity index (χ1n) is 6.79. The highest BCUT2D eigenvalue weighted by Crippen LogP contribution is 2.19. The van der Waals surface area contributed by atoms with Crippen molar-refractivity contribution in [2.24, 2.45) is 5.73 Å². The number of aromatic amines is 1. The summed E-state index contributed by atoms with van der Waals surface area (Å²) in [5.74, 6) is 0.928. The zero-order valence-corrected chi connectivity index (χ0v) is 12.2. The highest BCUT2D eigenvalue weighted by Gasteiger charge is 2.10. The van der Waals surface area contributed by atoms with Crippen LogP contribution in [-0.4, -0.2) is 33.6 Å². The number of hydrogen-bond donors (Lipinski definition) is 3. The summed E-state index contributed by atoms with van der Waals surface area (Å²) in [5.41, 5.74) is 7.99. The zero-order chi connectivity index (χ0) is 14.4. The second-order valence-corrected chi connectivity index (χ2v) is 6.03. The van der Waals surface area contributed by atoms with Gasteiger partial charge < -0.3 is 15.8 Å². The SMILES string of the molecule is N[C@@H](CCSCCCc1c[nH]c2ccccc12)C(=O)O. The quantitative estimate of drug-likeness (QED) is 0.653. The lowest BCUT2D eigenvalue weighted by Gasteiger charge is -2.05. The number of hydrogen-bond acceptors (Lipinski definition) is 3. The smallest absolute Gasteiger partial charge is 0.320 e. The van der Waals surface area contributed by atoms with Gasteiger partial charge in [-0.1, -0.05) is 18.2 Å². The van der Waals surface area contributed by atoms with E-state index in [0.717, 1.165) is 24.3 Å². The second-order valence-electron chi connectivity index (χ2n) is 4.81. The topological polar surface area (TPSA) is 79.1 Å². The van der Waals surface area contributed by atoms with E-state index in [1.807, 2.05) is 6.07 Å². The average molecular weight is 292 g/mol. The van der Waals surface area contributed by atoms with Crippen LogP contribution in [-0.2, 0) is 11.2 Å². The molecule has 0 unspecified atom stereocenters. The highest BCUT2D eigenvalue weighted by molar-refractivity contribution is 7.99. The van der Waals surface area contributed by atoms with E-state index in [9.17, 15) is 4.79 Å². The molecule has 0 aliphatic carbocycles. The van der Waals surface area contributed by atoms with E-state index in [4.69, 9.17) is 10.8 Å². The van der Waals surface area contributed by atoms with Crippen LogP contribution in [0.3, 0.4) is 0 Å². The lowest BCUT2D eigenvalue weighted by molar-refractivity contribution is -0.138. The van der Waals surface area contributed by atoms with Crippen LogP contribution in [0.4, 0.5) is 0 Å². The van der Waals surface area contributed by atoms with E-state index in [1.165, 1.54) is 16.5 Å². The number of nitrogens with one attached hydrogen (secondary N) is 1. The standard InChI is InChI=1S/C15H20N2O2S/c16-13(15(18)19)7-9-20-8-3-4-11-10-17-14-6-2-1-5-12(11)14/h1-2,5-6,10,13,17H,3-4,7-9,16H2,(H,18,19)/t13-/m0/s1. The summed E-state index contributed by atoms with van der Waals surface area (Å²) < 4.78 is 0. The minimum atomic E-state index is -0.913. The number of H-pyrrole nitrogens is 1. The average Bonchev–Trinajstić information content (AvgIpc) is 2.85. The Bertz CT molecular complexity index is 568. The largest absolute Gasteiger partial charge is 0.480 e. The number of aliphatic carboxylic acids is 1. The minimum absolute atomic E-state index is 0.535. The van der Waals surface area contributed by atoms with Crippen molar-refractivity contribution in [3.63, 3.8) is 0 Å².